The van der Waals surface area contributed by atoms with Crippen LogP contribution in [0.5, 0.6) is 0 Å². The van der Waals surface area contributed by atoms with Gasteiger partial charge >= 0.3 is 0 Å². The van der Waals surface area contributed by atoms with E-state index in [4.69, 9.17) is 9.84 Å². The molecular formula is C9H20N2O3. The van der Waals surface area contributed by atoms with Gasteiger partial charge in [-0.15, -0.1) is 0 Å². The number of methoxy groups -OCH3 is 1. The van der Waals surface area contributed by atoms with Crippen molar-refractivity contribution in [3.8, 4) is 0 Å². The lowest BCUT2D eigenvalue weighted by atomic mass is 10.2. The number of amides is 1. The van der Waals surface area contributed by atoms with Crippen LogP contribution in [0.1, 0.15) is 6.92 Å². The first-order valence-corrected chi connectivity index (χ1v) is 4.60. The minimum atomic E-state index is -0.308. The first-order chi connectivity index (χ1) is 6.52. The SMILES string of the molecule is COCC(CO)NC(C)C(=O)N(C)C. The summed E-state index contributed by atoms with van der Waals surface area (Å²) < 4.78 is 4.89. The number of rotatable bonds is 6. The molecule has 2 atom stereocenters. The van der Waals surface area contributed by atoms with Crippen LogP contribution in [0.4, 0.5) is 0 Å². The predicted molar refractivity (Wildman–Crippen MR) is 54.0 cm³/mol. The Morgan fingerprint density at radius 3 is 2.50 bits per heavy atom. The van der Waals surface area contributed by atoms with Gasteiger partial charge in [-0.2, -0.15) is 0 Å². The van der Waals surface area contributed by atoms with E-state index in [0.29, 0.717) is 6.61 Å². The molecule has 0 heterocycles. The maximum atomic E-state index is 11.4. The standard InChI is InChI=1S/C9H20N2O3/c1-7(9(13)11(2)3)10-8(5-12)6-14-4/h7-8,10,12H,5-6H2,1-4H3. The molecule has 0 spiro atoms. The van der Waals surface area contributed by atoms with Crippen LogP contribution in [0, 0.1) is 0 Å². The Labute approximate surface area is 85.0 Å². The number of likely N-dealkylation sites (N-methyl/N-ethyl adjacent to an activating group) is 1. The zero-order chi connectivity index (χ0) is 11.1. The molecule has 0 bridgehead atoms. The van der Waals surface area contributed by atoms with Gasteiger partial charge in [0.15, 0.2) is 0 Å². The van der Waals surface area contributed by atoms with Crippen LogP contribution in [0.2, 0.25) is 0 Å². The first-order valence-electron chi connectivity index (χ1n) is 4.60. The molecule has 0 saturated heterocycles. The van der Waals surface area contributed by atoms with Crippen LogP contribution >= 0.6 is 0 Å². The molecule has 1 amide bonds. The first kappa shape index (κ1) is 13.4. The fraction of sp³-hybridized carbons (Fsp3) is 0.889. The Morgan fingerprint density at radius 2 is 2.14 bits per heavy atom. The Hall–Kier alpha value is -0.650. The summed E-state index contributed by atoms with van der Waals surface area (Å²) in [7, 11) is 4.96. The maximum absolute atomic E-state index is 11.4. The third kappa shape index (κ3) is 4.55. The third-order valence-electron chi connectivity index (χ3n) is 1.89. The second-order valence-corrected chi connectivity index (χ2v) is 3.46. The molecule has 0 saturated carbocycles. The van der Waals surface area contributed by atoms with Crippen LogP contribution in [-0.2, 0) is 9.53 Å². The number of aliphatic hydroxyl groups excluding tert-OH is 1. The number of carbonyl (C=O) groups excluding carboxylic acids is 1. The van der Waals surface area contributed by atoms with Gasteiger partial charge in [0, 0.05) is 21.2 Å². The lowest BCUT2D eigenvalue weighted by Gasteiger charge is -2.22. The molecule has 0 aromatic carbocycles. The molecule has 2 unspecified atom stereocenters. The average Bonchev–Trinajstić information content (AvgIpc) is 2.15. The van der Waals surface area contributed by atoms with E-state index >= 15 is 0 Å². The molecule has 0 aromatic heterocycles. The number of ether oxygens (including phenoxy) is 1. The molecule has 0 radical (unpaired) electrons. The summed E-state index contributed by atoms with van der Waals surface area (Å²) in [6.45, 7) is 2.11. The van der Waals surface area contributed by atoms with E-state index in [0.717, 1.165) is 0 Å². The van der Waals surface area contributed by atoms with Gasteiger partial charge in [0.05, 0.1) is 25.3 Å². The van der Waals surface area contributed by atoms with E-state index < -0.39 is 0 Å². The molecule has 0 aliphatic rings. The highest BCUT2D eigenvalue weighted by molar-refractivity contribution is 5.80. The molecule has 0 fully saturated rings. The molecule has 0 aliphatic heterocycles. The van der Waals surface area contributed by atoms with Gasteiger partial charge in [-0.3, -0.25) is 10.1 Å². The Kier molecular flexibility index (Phi) is 6.44. The van der Waals surface area contributed by atoms with Crippen LogP contribution in [0.15, 0.2) is 0 Å². The van der Waals surface area contributed by atoms with Crippen molar-refractivity contribution in [2.45, 2.75) is 19.0 Å². The van der Waals surface area contributed by atoms with Crippen molar-refractivity contribution >= 4 is 5.91 Å². The van der Waals surface area contributed by atoms with Crippen LogP contribution in [0.3, 0.4) is 0 Å². The van der Waals surface area contributed by atoms with Crippen molar-refractivity contribution in [3.05, 3.63) is 0 Å². The molecule has 0 aliphatic carbocycles. The highest BCUT2D eigenvalue weighted by atomic mass is 16.5. The number of nitrogens with one attached hydrogen (secondary N) is 1. The topological polar surface area (TPSA) is 61.8 Å². The third-order valence-corrected chi connectivity index (χ3v) is 1.89. The summed E-state index contributed by atoms with van der Waals surface area (Å²) in [5.41, 5.74) is 0. The fourth-order valence-corrected chi connectivity index (χ4v) is 1.17. The van der Waals surface area contributed by atoms with Gasteiger partial charge < -0.3 is 14.7 Å². The smallest absolute Gasteiger partial charge is 0.238 e. The minimum Gasteiger partial charge on any atom is -0.395 e. The van der Waals surface area contributed by atoms with Crippen molar-refractivity contribution in [2.75, 3.05) is 34.4 Å². The molecule has 0 rings (SSSR count). The molecule has 84 valence electrons. The number of nitrogens with zero attached hydrogens (tertiary/aromatic N) is 1. The number of hydrogen-bond acceptors (Lipinski definition) is 4. The van der Waals surface area contributed by atoms with Crippen molar-refractivity contribution in [1.82, 2.24) is 10.2 Å². The Bertz CT molecular complexity index is 173. The monoisotopic (exact) mass is 204 g/mol. The zero-order valence-electron chi connectivity index (χ0n) is 9.28. The van der Waals surface area contributed by atoms with Gasteiger partial charge in [0.1, 0.15) is 0 Å². The van der Waals surface area contributed by atoms with Gasteiger partial charge in [0.25, 0.3) is 0 Å². The highest BCUT2D eigenvalue weighted by Crippen LogP contribution is 1.92. The van der Waals surface area contributed by atoms with Gasteiger partial charge in [-0.1, -0.05) is 0 Å². The second-order valence-electron chi connectivity index (χ2n) is 3.46. The molecule has 5 heteroatoms. The molecule has 0 aromatic rings. The quantitative estimate of drug-likeness (QED) is 0.586. The molecule has 14 heavy (non-hydrogen) atoms. The van der Waals surface area contributed by atoms with E-state index in [2.05, 4.69) is 5.32 Å². The van der Waals surface area contributed by atoms with Crippen LogP contribution < -0.4 is 5.32 Å². The van der Waals surface area contributed by atoms with E-state index in [9.17, 15) is 4.79 Å². The number of aliphatic hydroxyl groups is 1. The van der Waals surface area contributed by atoms with E-state index in [1.54, 1.807) is 28.1 Å². The van der Waals surface area contributed by atoms with Gasteiger partial charge in [-0.25, -0.2) is 0 Å². The van der Waals surface area contributed by atoms with Crippen LogP contribution in [0.25, 0.3) is 0 Å². The van der Waals surface area contributed by atoms with E-state index in [1.165, 1.54) is 4.90 Å². The van der Waals surface area contributed by atoms with E-state index in [1.807, 2.05) is 0 Å². The zero-order valence-corrected chi connectivity index (χ0v) is 9.28. The van der Waals surface area contributed by atoms with Crippen molar-refractivity contribution in [1.29, 1.82) is 0 Å². The lowest BCUT2D eigenvalue weighted by Crippen LogP contribution is -2.49. The molecule has 2 N–H and O–H groups in total. The summed E-state index contributed by atoms with van der Waals surface area (Å²) >= 11 is 0. The maximum Gasteiger partial charge on any atom is 0.238 e. The summed E-state index contributed by atoms with van der Waals surface area (Å²) in [5.74, 6) is -0.0143. The molecule has 5 nitrogen and oxygen atoms in total. The lowest BCUT2D eigenvalue weighted by molar-refractivity contribution is -0.130. The minimum absolute atomic E-state index is 0.0143. The Balaban J connectivity index is 4.01. The fourth-order valence-electron chi connectivity index (χ4n) is 1.17. The van der Waals surface area contributed by atoms with Crippen LogP contribution in [-0.4, -0.2) is 62.4 Å². The average molecular weight is 204 g/mol. The van der Waals surface area contributed by atoms with Crippen molar-refractivity contribution in [3.63, 3.8) is 0 Å². The number of hydrogen-bond donors (Lipinski definition) is 2. The van der Waals surface area contributed by atoms with E-state index in [-0.39, 0.29) is 24.6 Å². The summed E-state index contributed by atoms with van der Waals surface area (Å²) in [5, 5.41) is 11.9. The Morgan fingerprint density at radius 1 is 1.57 bits per heavy atom. The summed E-state index contributed by atoms with van der Waals surface area (Å²) in [6.07, 6.45) is 0. The van der Waals surface area contributed by atoms with Gasteiger partial charge in [-0.05, 0) is 6.92 Å². The largest absolute Gasteiger partial charge is 0.395 e. The summed E-state index contributed by atoms with van der Waals surface area (Å²) in [6, 6.07) is -0.504. The van der Waals surface area contributed by atoms with Crippen molar-refractivity contribution in [2.24, 2.45) is 0 Å². The number of carbonyl (C=O) groups is 1. The summed E-state index contributed by atoms with van der Waals surface area (Å²) in [4.78, 5) is 13.0. The predicted octanol–water partition coefficient (Wildman–Crippen LogP) is -0.940. The second kappa shape index (κ2) is 6.75. The highest BCUT2D eigenvalue weighted by Gasteiger charge is 2.18. The molecular weight excluding hydrogens is 184 g/mol. The normalized spacial score (nSPS) is 14.9. The van der Waals surface area contributed by atoms with Gasteiger partial charge in [0.2, 0.25) is 5.91 Å². The van der Waals surface area contributed by atoms with Crippen molar-refractivity contribution < 1.29 is 14.6 Å².